The summed E-state index contributed by atoms with van der Waals surface area (Å²) < 4.78 is 2.16. The fraction of sp³-hybridized carbons (Fsp3) is 0.750. The van der Waals surface area contributed by atoms with Crippen LogP contribution in [-0.2, 0) is 19.4 Å². The van der Waals surface area contributed by atoms with Gasteiger partial charge in [-0.15, -0.1) is 0 Å². The van der Waals surface area contributed by atoms with Crippen molar-refractivity contribution in [1.29, 1.82) is 0 Å². The van der Waals surface area contributed by atoms with E-state index in [0.29, 0.717) is 5.95 Å². The first-order valence-electron chi connectivity index (χ1n) is 7.99. The predicted molar refractivity (Wildman–Crippen MR) is 78.9 cm³/mol. The van der Waals surface area contributed by atoms with Crippen LogP contribution in [0.5, 0.6) is 0 Å². The molecule has 0 saturated carbocycles. The maximum absolute atomic E-state index is 6.01. The summed E-state index contributed by atoms with van der Waals surface area (Å²) in [5.74, 6) is 0.716. The summed E-state index contributed by atoms with van der Waals surface area (Å²) >= 11 is 0. The number of unbranched alkanes of at least 4 members (excludes halogenated alkanes) is 6. The van der Waals surface area contributed by atoms with Gasteiger partial charge in [-0.25, -0.2) is 4.57 Å². The van der Waals surface area contributed by atoms with Gasteiger partial charge in [0.25, 0.3) is 0 Å². The Hall–Kier alpha value is -1.12. The van der Waals surface area contributed by atoms with Crippen molar-refractivity contribution in [3.05, 3.63) is 17.5 Å². The molecule has 0 saturated heterocycles. The SMILES string of the molecule is CCCCCCCCCc1cc2[n+](c(N)n1)CCC2. The monoisotopic (exact) mass is 262 g/mol. The number of hydrogen-bond acceptors (Lipinski definition) is 2. The quantitative estimate of drug-likeness (QED) is 0.577. The van der Waals surface area contributed by atoms with E-state index in [2.05, 4.69) is 22.5 Å². The molecule has 3 heteroatoms. The van der Waals surface area contributed by atoms with Gasteiger partial charge >= 0.3 is 5.95 Å². The Morgan fingerprint density at radius 1 is 1.16 bits per heavy atom. The zero-order valence-corrected chi connectivity index (χ0v) is 12.3. The third-order valence-electron chi connectivity index (χ3n) is 4.07. The van der Waals surface area contributed by atoms with E-state index in [1.165, 1.54) is 62.8 Å². The molecule has 1 aromatic rings. The molecule has 3 nitrogen and oxygen atoms in total. The van der Waals surface area contributed by atoms with Crippen LogP contribution < -0.4 is 10.3 Å². The van der Waals surface area contributed by atoms with E-state index in [1.54, 1.807) is 0 Å². The highest BCUT2D eigenvalue weighted by Gasteiger charge is 2.20. The highest BCUT2D eigenvalue weighted by atomic mass is 15.1. The molecule has 0 amide bonds. The van der Waals surface area contributed by atoms with Gasteiger partial charge in [-0.05, 0) is 12.8 Å². The van der Waals surface area contributed by atoms with Crippen molar-refractivity contribution in [2.24, 2.45) is 0 Å². The van der Waals surface area contributed by atoms with E-state index < -0.39 is 0 Å². The predicted octanol–water partition coefficient (Wildman–Crippen LogP) is 3.19. The minimum absolute atomic E-state index is 0.716. The Bertz CT molecular complexity index is 401. The van der Waals surface area contributed by atoms with Crippen molar-refractivity contribution in [3.63, 3.8) is 0 Å². The first kappa shape index (κ1) is 14.3. The molecule has 2 rings (SSSR count). The van der Waals surface area contributed by atoms with Gasteiger partial charge in [0.2, 0.25) is 0 Å². The van der Waals surface area contributed by atoms with E-state index in [9.17, 15) is 0 Å². The standard InChI is InChI=1S/C16H27N3/c1-2-3-4-5-6-7-8-10-14-13-15-11-9-12-19(15)16(17)18-14/h13,17H,2-12H2,1H3/p+1. The first-order chi connectivity index (χ1) is 9.31. The zero-order valence-electron chi connectivity index (χ0n) is 12.3. The molecule has 106 valence electrons. The van der Waals surface area contributed by atoms with Crippen molar-refractivity contribution in [3.8, 4) is 0 Å². The fourth-order valence-corrected chi connectivity index (χ4v) is 2.93. The molecule has 19 heavy (non-hydrogen) atoms. The Labute approximate surface area is 117 Å². The molecule has 0 fully saturated rings. The first-order valence-corrected chi connectivity index (χ1v) is 7.99. The Balaban J connectivity index is 1.70. The Morgan fingerprint density at radius 3 is 2.68 bits per heavy atom. The number of anilines is 1. The van der Waals surface area contributed by atoms with Crippen molar-refractivity contribution in [1.82, 2.24) is 4.98 Å². The Kier molecular flexibility index (Phi) is 5.62. The summed E-state index contributed by atoms with van der Waals surface area (Å²) in [5.41, 5.74) is 8.58. The smallest absolute Gasteiger partial charge is 0.287 e. The second kappa shape index (κ2) is 7.46. The molecule has 0 unspecified atom stereocenters. The van der Waals surface area contributed by atoms with E-state index in [1.807, 2.05) is 0 Å². The summed E-state index contributed by atoms with van der Waals surface area (Å²) in [5, 5.41) is 0. The van der Waals surface area contributed by atoms with Crippen molar-refractivity contribution in [2.75, 3.05) is 5.73 Å². The second-order valence-corrected chi connectivity index (χ2v) is 5.72. The number of rotatable bonds is 8. The average Bonchev–Trinajstić information content (AvgIpc) is 2.86. The normalized spacial score (nSPS) is 13.7. The molecule has 1 aromatic heterocycles. The van der Waals surface area contributed by atoms with Crippen LogP contribution >= 0.6 is 0 Å². The van der Waals surface area contributed by atoms with Crippen molar-refractivity contribution < 1.29 is 4.57 Å². The number of hydrogen-bond donors (Lipinski definition) is 1. The number of nitrogens with two attached hydrogens (primary N) is 1. The topological polar surface area (TPSA) is 42.8 Å². The molecule has 1 aliphatic heterocycles. The van der Waals surface area contributed by atoms with Crippen molar-refractivity contribution in [2.45, 2.75) is 77.7 Å². The van der Waals surface area contributed by atoms with Crippen LogP contribution in [0.2, 0.25) is 0 Å². The summed E-state index contributed by atoms with van der Waals surface area (Å²) in [4.78, 5) is 4.53. The molecule has 0 aromatic carbocycles. The van der Waals surface area contributed by atoms with Crippen LogP contribution in [0.1, 0.15) is 69.7 Å². The molecular weight excluding hydrogens is 234 g/mol. The number of fused-ring (bicyclic) bond motifs is 1. The Morgan fingerprint density at radius 2 is 1.89 bits per heavy atom. The summed E-state index contributed by atoms with van der Waals surface area (Å²) in [6, 6.07) is 2.26. The van der Waals surface area contributed by atoms with Crippen LogP contribution in [0.15, 0.2) is 6.07 Å². The second-order valence-electron chi connectivity index (χ2n) is 5.72. The third-order valence-corrected chi connectivity index (χ3v) is 4.07. The summed E-state index contributed by atoms with van der Waals surface area (Å²) in [6.07, 6.45) is 12.9. The molecule has 0 bridgehead atoms. The van der Waals surface area contributed by atoms with Crippen LogP contribution in [0.25, 0.3) is 0 Å². The van der Waals surface area contributed by atoms with Crippen LogP contribution in [0.3, 0.4) is 0 Å². The van der Waals surface area contributed by atoms with Crippen LogP contribution in [0, 0.1) is 0 Å². The van der Waals surface area contributed by atoms with Gasteiger partial charge in [-0.3, -0.25) is 5.73 Å². The molecule has 0 aliphatic carbocycles. The van der Waals surface area contributed by atoms with E-state index in [4.69, 9.17) is 5.73 Å². The molecule has 1 aliphatic rings. The maximum atomic E-state index is 6.01. The lowest BCUT2D eigenvalue weighted by molar-refractivity contribution is -0.679. The largest absolute Gasteiger partial charge is 0.389 e. The highest BCUT2D eigenvalue weighted by molar-refractivity contribution is 5.16. The molecule has 0 atom stereocenters. The lowest BCUT2D eigenvalue weighted by Crippen LogP contribution is -2.38. The third kappa shape index (κ3) is 4.19. The zero-order chi connectivity index (χ0) is 13.5. The fourth-order valence-electron chi connectivity index (χ4n) is 2.93. The van der Waals surface area contributed by atoms with Crippen LogP contribution in [0.4, 0.5) is 5.95 Å². The lowest BCUT2D eigenvalue weighted by Gasteiger charge is -2.03. The van der Waals surface area contributed by atoms with Crippen molar-refractivity contribution >= 4 is 5.95 Å². The van der Waals surface area contributed by atoms with Gasteiger partial charge in [0.05, 0.1) is 12.2 Å². The number of aryl methyl sites for hydroxylation is 2. The van der Waals surface area contributed by atoms with E-state index in [0.717, 1.165) is 19.4 Å². The lowest BCUT2D eigenvalue weighted by atomic mass is 10.1. The van der Waals surface area contributed by atoms with Gasteiger partial charge in [-0.2, -0.15) is 0 Å². The van der Waals surface area contributed by atoms with Gasteiger partial charge in [0, 0.05) is 18.9 Å². The molecule has 2 N–H and O–H groups in total. The highest BCUT2D eigenvalue weighted by Crippen LogP contribution is 2.13. The van der Waals surface area contributed by atoms with Gasteiger partial charge in [0.15, 0.2) is 0 Å². The van der Waals surface area contributed by atoms with E-state index in [-0.39, 0.29) is 0 Å². The number of nitrogens with zero attached hydrogens (tertiary/aromatic N) is 2. The van der Waals surface area contributed by atoms with Gasteiger partial charge < -0.3 is 0 Å². The van der Waals surface area contributed by atoms with Gasteiger partial charge in [-0.1, -0.05) is 50.4 Å². The average molecular weight is 262 g/mol. The minimum Gasteiger partial charge on any atom is -0.287 e. The molecule has 2 heterocycles. The minimum atomic E-state index is 0.716. The van der Waals surface area contributed by atoms with E-state index >= 15 is 0 Å². The molecular formula is C16H28N3+. The van der Waals surface area contributed by atoms with Gasteiger partial charge in [0.1, 0.15) is 5.69 Å². The molecule has 0 radical (unpaired) electrons. The molecule has 0 spiro atoms. The summed E-state index contributed by atoms with van der Waals surface area (Å²) in [7, 11) is 0. The maximum Gasteiger partial charge on any atom is 0.389 e. The number of nitrogen functional groups attached to an aromatic ring is 1. The summed E-state index contributed by atoms with van der Waals surface area (Å²) in [6.45, 7) is 3.31. The van der Waals surface area contributed by atoms with Crippen LogP contribution in [-0.4, -0.2) is 4.98 Å². The number of aromatic nitrogens is 2.